The number of aromatic nitrogens is 3. The van der Waals surface area contributed by atoms with Crippen LogP contribution in [0.25, 0.3) is 11.5 Å². The quantitative estimate of drug-likeness (QED) is 0.903. The van der Waals surface area contributed by atoms with Crippen molar-refractivity contribution >= 4 is 11.3 Å². The molecule has 6 heteroatoms. The Morgan fingerprint density at radius 2 is 2.24 bits per heavy atom. The minimum Gasteiger partial charge on any atom is -0.339 e. The Bertz CT molecular complexity index is 458. The fourth-order valence-corrected chi connectivity index (χ4v) is 1.86. The molecule has 0 aliphatic heterocycles. The van der Waals surface area contributed by atoms with Crippen LogP contribution in [-0.2, 0) is 6.42 Å². The van der Waals surface area contributed by atoms with Gasteiger partial charge in [0.25, 0.3) is 0 Å². The van der Waals surface area contributed by atoms with Gasteiger partial charge in [0.1, 0.15) is 5.69 Å². The third kappa shape index (κ3) is 3.61. The lowest BCUT2D eigenvalue weighted by molar-refractivity contribution is 0.362. The maximum absolute atomic E-state index is 5.17. The monoisotopic (exact) mass is 252 g/mol. The van der Waals surface area contributed by atoms with E-state index in [1.54, 1.807) is 5.51 Å². The van der Waals surface area contributed by atoms with Gasteiger partial charge >= 0.3 is 0 Å². The molecule has 2 heterocycles. The molecule has 17 heavy (non-hydrogen) atoms. The minimum absolute atomic E-state index is 0.109. The summed E-state index contributed by atoms with van der Waals surface area (Å²) in [6.45, 7) is 7.20. The van der Waals surface area contributed by atoms with E-state index in [2.05, 4.69) is 41.2 Å². The smallest absolute Gasteiger partial charge is 0.228 e. The molecule has 0 radical (unpaired) electrons. The first kappa shape index (κ1) is 12.2. The Kier molecular flexibility index (Phi) is 3.54. The van der Waals surface area contributed by atoms with Crippen molar-refractivity contribution in [2.45, 2.75) is 32.7 Å². The van der Waals surface area contributed by atoms with Crippen molar-refractivity contribution in [3.63, 3.8) is 0 Å². The van der Waals surface area contributed by atoms with Crippen LogP contribution in [0.5, 0.6) is 0 Å². The zero-order valence-corrected chi connectivity index (χ0v) is 11.0. The van der Waals surface area contributed by atoms with E-state index in [9.17, 15) is 0 Å². The van der Waals surface area contributed by atoms with Crippen LogP contribution in [0, 0.1) is 0 Å². The highest BCUT2D eigenvalue weighted by molar-refractivity contribution is 7.07. The first-order chi connectivity index (χ1) is 8.04. The van der Waals surface area contributed by atoms with Crippen molar-refractivity contribution in [1.29, 1.82) is 0 Å². The molecule has 0 amide bonds. The van der Waals surface area contributed by atoms with Crippen LogP contribution in [-0.4, -0.2) is 27.2 Å². The third-order valence-corrected chi connectivity index (χ3v) is 2.71. The number of nitrogens with zero attached hydrogens (tertiary/aromatic N) is 3. The molecule has 2 rings (SSSR count). The van der Waals surface area contributed by atoms with Crippen LogP contribution in [0.4, 0.5) is 0 Å². The predicted molar refractivity (Wildman–Crippen MR) is 66.9 cm³/mol. The topological polar surface area (TPSA) is 63.8 Å². The fraction of sp³-hybridized carbons (Fsp3) is 0.545. The molecule has 0 atom stereocenters. The zero-order valence-electron chi connectivity index (χ0n) is 10.2. The summed E-state index contributed by atoms with van der Waals surface area (Å²) in [7, 11) is 0. The molecule has 1 N–H and O–H groups in total. The van der Waals surface area contributed by atoms with Crippen LogP contribution in [0.15, 0.2) is 15.4 Å². The molecule has 0 aliphatic carbocycles. The summed E-state index contributed by atoms with van der Waals surface area (Å²) < 4.78 is 5.17. The van der Waals surface area contributed by atoms with Crippen molar-refractivity contribution in [3.8, 4) is 11.5 Å². The Morgan fingerprint density at radius 1 is 1.41 bits per heavy atom. The molecular formula is C11H16N4OS. The number of nitrogens with one attached hydrogen (secondary N) is 1. The summed E-state index contributed by atoms with van der Waals surface area (Å²) in [5.41, 5.74) is 2.64. The molecule has 0 saturated heterocycles. The predicted octanol–water partition coefficient (Wildman–Crippen LogP) is 2.12. The van der Waals surface area contributed by atoms with Gasteiger partial charge in [-0.1, -0.05) is 5.16 Å². The van der Waals surface area contributed by atoms with Gasteiger partial charge in [0.15, 0.2) is 0 Å². The Balaban J connectivity index is 1.91. The van der Waals surface area contributed by atoms with Gasteiger partial charge in [0.05, 0.1) is 5.51 Å². The minimum atomic E-state index is 0.109. The lowest BCUT2D eigenvalue weighted by atomic mass is 10.1. The molecule has 0 unspecified atom stereocenters. The van der Waals surface area contributed by atoms with E-state index in [4.69, 9.17) is 4.52 Å². The summed E-state index contributed by atoms with van der Waals surface area (Å²) in [6.07, 6.45) is 0.731. The first-order valence-electron chi connectivity index (χ1n) is 5.51. The number of hydrogen-bond acceptors (Lipinski definition) is 6. The molecule has 0 saturated carbocycles. The second-order valence-corrected chi connectivity index (χ2v) is 5.53. The fourth-order valence-electron chi connectivity index (χ4n) is 1.33. The first-order valence-corrected chi connectivity index (χ1v) is 6.45. The molecule has 2 aromatic rings. The molecule has 0 fully saturated rings. The van der Waals surface area contributed by atoms with Crippen molar-refractivity contribution in [2.75, 3.05) is 6.54 Å². The standard InChI is InChI=1S/C11H16N4OS/c1-11(2,3)13-5-4-9-14-10(15-16-9)8-6-17-7-12-8/h6-7,13H,4-5H2,1-3H3. The maximum atomic E-state index is 5.17. The van der Waals surface area contributed by atoms with Crippen LogP contribution in [0.2, 0.25) is 0 Å². The molecule has 5 nitrogen and oxygen atoms in total. The Labute approximate surface area is 104 Å². The van der Waals surface area contributed by atoms with E-state index >= 15 is 0 Å². The summed E-state index contributed by atoms with van der Waals surface area (Å²) in [5.74, 6) is 1.21. The van der Waals surface area contributed by atoms with E-state index in [1.165, 1.54) is 11.3 Å². The van der Waals surface area contributed by atoms with Crippen LogP contribution in [0.3, 0.4) is 0 Å². The average molecular weight is 252 g/mol. The Morgan fingerprint density at radius 3 is 2.88 bits per heavy atom. The van der Waals surface area contributed by atoms with Crippen LogP contribution in [0.1, 0.15) is 26.7 Å². The molecule has 2 aromatic heterocycles. The van der Waals surface area contributed by atoms with Gasteiger partial charge in [-0.2, -0.15) is 4.98 Å². The molecule has 0 bridgehead atoms. The van der Waals surface area contributed by atoms with Gasteiger partial charge in [-0.05, 0) is 20.8 Å². The largest absolute Gasteiger partial charge is 0.339 e. The molecule has 0 spiro atoms. The SMILES string of the molecule is CC(C)(C)NCCc1nc(-c2cscn2)no1. The lowest BCUT2D eigenvalue weighted by Crippen LogP contribution is -2.37. The maximum Gasteiger partial charge on any atom is 0.228 e. The van der Waals surface area contributed by atoms with Crippen molar-refractivity contribution < 1.29 is 4.52 Å². The number of rotatable bonds is 4. The average Bonchev–Trinajstić information content (AvgIpc) is 2.83. The summed E-state index contributed by atoms with van der Waals surface area (Å²) in [5, 5.41) is 9.18. The van der Waals surface area contributed by atoms with E-state index in [0.29, 0.717) is 11.7 Å². The van der Waals surface area contributed by atoms with Gasteiger partial charge in [0, 0.05) is 23.9 Å². The normalized spacial score (nSPS) is 11.9. The van der Waals surface area contributed by atoms with Gasteiger partial charge < -0.3 is 9.84 Å². The lowest BCUT2D eigenvalue weighted by Gasteiger charge is -2.19. The molecule has 0 aromatic carbocycles. The van der Waals surface area contributed by atoms with Crippen molar-refractivity contribution in [2.24, 2.45) is 0 Å². The van der Waals surface area contributed by atoms with E-state index in [0.717, 1.165) is 18.7 Å². The summed E-state index contributed by atoms with van der Waals surface area (Å²) >= 11 is 1.52. The zero-order chi connectivity index (χ0) is 12.3. The van der Waals surface area contributed by atoms with E-state index in [1.807, 2.05) is 5.38 Å². The van der Waals surface area contributed by atoms with Gasteiger partial charge in [-0.3, -0.25) is 0 Å². The van der Waals surface area contributed by atoms with Gasteiger partial charge in [0.2, 0.25) is 11.7 Å². The van der Waals surface area contributed by atoms with E-state index in [-0.39, 0.29) is 5.54 Å². The highest BCUT2D eigenvalue weighted by Gasteiger charge is 2.12. The van der Waals surface area contributed by atoms with Crippen molar-refractivity contribution in [3.05, 3.63) is 16.8 Å². The Hall–Kier alpha value is -1.27. The third-order valence-electron chi connectivity index (χ3n) is 2.12. The number of thiazole rings is 1. The second-order valence-electron chi connectivity index (χ2n) is 4.81. The van der Waals surface area contributed by atoms with E-state index < -0.39 is 0 Å². The summed E-state index contributed by atoms with van der Waals surface area (Å²) in [6, 6.07) is 0. The van der Waals surface area contributed by atoms with Gasteiger partial charge in [-0.15, -0.1) is 11.3 Å². The van der Waals surface area contributed by atoms with Crippen LogP contribution >= 0.6 is 11.3 Å². The molecule has 92 valence electrons. The van der Waals surface area contributed by atoms with Gasteiger partial charge in [-0.25, -0.2) is 4.98 Å². The highest BCUT2D eigenvalue weighted by atomic mass is 32.1. The summed E-state index contributed by atoms with van der Waals surface area (Å²) in [4.78, 5) is 8.44. The highest BCUT2D eigenvalue weighted by Crippen LogP contribution is 2.15. The second kappa shape index (κ2) is 4.93. The van der Waals surface area contributed by atoms with Crippen molar-refractivity contribution in [1.82, 2.24) is 20.4 Å². The number of hydrogen-bond donors (Lipinski definition) is 1. The molecular weight excluding hydrogens is 236 g/mol. The van der Waals surface area contributed by atoms with Crippen LogP contribution < -0.4 is 5.32 Å². The molecule has 0 aliphatic rings.